The number of H-pyrrole nitrogens is 1. The molecule has 0 fully saturated rings. The number of esters is 1. The number of nitrogens with one attached hydrogen (secondary N) is 1. The Morgan fingerprint density at radius 2 is 2.15 bits per heavy atom. The van der Waals surface area contributed by atoms with Gasteiger partial charge in [-0.05, 0) is 12.5 Å². The second-order valence-corrected chi connectivity index (χ2v) is 5.76. The first-order chi connectivity index (χ1) is 12.9. The number of carbonyl (C=O) groups excluding carboxylic acids is 1. The van der Waals surface area contributed by atoms with Crippen molar-refractivity contribution in [3.05, 3.63) is 31.0 Å². The van der Waals surface area contributed by atoms with Gasteiger partial charge in [0.25, 0.3) is 0 Å². The number of fused-ring (bicyclic) bond motifs is 1. The summed E-state index contributed by atoms with van der Waals surface area (Å²) in [6, 6.07) is 1.39. The van der Waals surface area contributed by atoms with Crippen LogP contribution in [0.1, 0.15) is 18.9 Å². The van der Waals surface area contributed by atoms with Gasteiger partial charge in [-0.25, -0.2) is 14.8 Å². The normalized spacial score (nSPS) is 13.0. The van der Waals surface area contributed by atoms with E-state index in [0.29, 0.717) is 16.9 Å². The summed E-state index contributed by atoms with van der Waals surface area (Å²) >= 11 is 0. The third kappa shape index (κ3) is 4.25. The van der Waals surface area contributed by atoms with Crippen molar-refractivity contribution in [2.24, 2.45) is 0 Å². The largest absolute Gasteiger partial charge is 0.490 e. The Labute approximate surface area is 151 Å². The number of alkyl halides is 3. The van der Waals surface area contributed by atoms with Crippen LogP contribution < -0.4 is 0 Å². The number of hydrogen-bond donors (Lipinski definition) is 2. The van der Waals surface area contributed by atoms with Crippen molar-refractivity contribution < 1.29 is 27.8 Å². The average molecular weight is 383 g/mol. The van der Waals surface area contributed by atoms with Crippen LogP contribution in [-0.2, 0) is 9.53 Å². The quantitative estimate of drug-likeness (QED) is 0.606. The summed E-state index contributed by atoms with van der Waals surface area (Å²) in [4.78, 5) is 22.1. The molecular formula is C16H16F3N5O3. The molecule has 1 unspecified atom stereocenters. The Morgan fingerprint density at radius 3 is 2.89 bits per heavy atom. The van der Waals surface area contributed by atoms with Crippen molar-refractivity contribution >= 4 is 17.0 Å². The summed E-state index contributed by atoms with van der Waals surface area (Å²) in [5.41, 5.74) is 2.01. The summed E-state index contributed by atoms with van der Waals surface area (Å²) in [6.45, 7) is -0.629. The molecular weight excluding hydrogens is 367 g/mol. The number of aromatic nitrogens is 5. The number of carbonyl (C=O) groups is 1. The van der Waals surface area contributed by atoms with Crippen molar-refractivity contribution in [2.45, 2.75) is 25.1 Å². The topological polar surface area (TPSA) is 106 Å². The molecule has 0 aliphatic carbocycles. The molecule has 3 aromatic heterocycles. The third-order valence-corrected chi connectivity index (χ3v) is 3.98. The number of rotatable bonds is 7. The maximum Gasteiger partial charge on any atom is 0.490 e. The molecule has 8 nitrogen and oxygen atoms in total. The summed E-state index contributed by atoms with van der Waals surface area (Å²) in [6.07, 6.45) is 1.69. The molecule has 0 amide bonds. The SMILES string of the molecule is O=C(OCCC(CCO)n1cc(-c2ncnc3[nH]ccc23)cn1)C(F)(F)F. The number of nitrogens with zero attached hydrogens (tertiary/aromatic N) is 4. The lowest BCUT2D eigenvalue weighted by atomic mass is 10.1. The van der Waals surface area contributed by atoms with Crippen molar-refractivity contribution in [1.29, 1.82) is 0 Å². The first-order valence-electron chi connectivity index (χ1n) is 8.07. The van der Waals surface area contributed by atoms with E-state index in [2.05, 4.69) is 24.8 Å². The summed E-state index contributed by atoms with van der Waals surface area (Å²) in [5.74, 6) is -2.23. The maximum atomic E-state index is 12.2. The lowest BCUT2D eigenvalue weighted by Gasteiger charge is -2.16. The van der Waals surface area contributed by atoms with Crippen molar-refractivity contribution in [1.82, 2.24) is 24.7 Å². The van der Waals surface area contributed by atoms with Crippen LogP contribution >= 0.6 is 0 Å². The van der Waals surface area contributed by atoms with Gasteiger partial charge in [-0.3, -0.25) is 4.68 Å². The zero-order valence-electron chi connectivity index (χ0n) is 14.0. The molecule has 0 bridgehead atoms. The Balaban J connectivity index is 1.74. The van der Waals surface area contributed by atoms with E-state index in [1.54, 1.807) is 18.6 Å². The van der Waals surface area contributed by atoms with Gasteiger partial charge in [-0.15, -0.1) is 0 Å². The van der Waals surface area contributed by atoms with Gasteiger partial charge in [-0.2, -0.15) is 18.3 Å². The average Bonchev–Trinajstić information content (AvgIpc) is 3.29. The molecule has 11 heteroatoms. The molecule has 0 aromatic carbocycles. The number of halogens is 3. The van der Waals surface area contributed by atoms with Gasteiger partial charge >= 0.3 is 12.1 Å². The molecule has 0 spiro atoms. The zero-order chi connectivity index (χ0) is 19.4. The van der Waals surface area contributed by atoms with Crippen LogP contribution in [0.2, 0.25) is 0 Å². The van der Waals surface area contributed by atoms with Crippen molar-refractivity contribution in [3.8, 4) is 11.3 Å². The first kappa shape index (κ1) is 18.8. The molecule has 0 saturated heterocycles. The van der Waals surface area contributed by atoms with Crippen LogP contribution in [0.4, 0.5) is 13.2 Å². The molecule has 0 aliphatic heterocycles. The highest BCUT2D eigenvalue weighted by atomic mass is 19.4. The van der Waals surface area contributed by atoms with Crippen LogP contribution in [0.3, 0.4) is 0 Å². The Hall–Kier alpha value is -2.95. The third-order valence-electron chi connectivity index (χ3n) is 3.98. The fourth-order valence-corrected chi connectivity index (χ4v) is 2.69. The Kier molecular flexibility index (Phi) is 5.40. The van der Waals surface area contributed by atoms with E-state index in [1.165, 1.54) is 11.0 Å². The molecule has 27 heavy (non-hydrogen) atoms. The van der Waals surface area contributed by atoms with E-state index in [0.717, 1.165) is 5.39 Å². The second kappa shape index (κ2) is 7.74. The van der Waals surface area contributed by atoms with E-state index in [-0.39, 0.29) is 19.4 Å². The van der Waals surface area contributed by atoms with Gasteiger partial charge in [0.05, 0.1) is 24.5 Å². The molecule has 1 atom stereocenters. The lowest BCUT2D eigenvalue weighted by Crippen LogP contribution is -2.26. The second-order valence-electron chi connectivity index (χ2n) is 5.76. The van der Waals surface area contributed by atoms with Gasteiger partial charge < -0.3 is 14.8 Å². The predicted octanol–water partition coefficient (Wildman–Crippen LogP) is 2.24. The van der Waals surface area contributed by atoms with Crippen LogP contribution in [0, 0.1) is 0 Å². The fraction of sp³-hybridized carbons (Fsp3) is 0.375. The smallest absolute Gasteiger partial charge is 0.459 e. The minimum absolute atomic E-state index is 0.0762. The molecule has 2 N–H and O–H groups in total. The van der Waals surface area contributed by atoms with E-state index in [4.69, 9.17) is 0 Å². The number of aliphatic hydroxyl groups excluding tert-OH is 1. The van der Waals surface area contributed by atoms with E-state index < -0.39 is 24.8 Å². The molecule has 3 heterocycles. The van der Waals surface area contributed by atoms with E-state index >= 15 is 0 Å². The minimum Gasteiger partial charge on any atom is -0.459 e. The number of ether oxygens (including phenoxy) is 1. The zero-order valence-corrected chi connectivity index (χ0v) is 14.0. The number of aromatic amines is 1. The highest BCUT2D eigenvalue weighted by molar-refractivity contribution is 5.89. The fourth-order valence-electron chi connectivity index (χ4n) is 2.69. The summed E-state index contributed by atoms with van der Waals surface area (Å²) in [7, 11) is 0. The van der Waals surface area contributed by atoms with Gasteiger partial charge in [0.15, 0.2) is 0 Å². The summed E-state index contributed by atoms with van der Waals surface area (Å²) in [5, 5.41) is 14.2. The monoisotopic (exact) mass is 383 g/mol. The first-order valence-corrected chi connectivity index (χ1v) is 8.07. The highest BCUT2D eigenvalue weighted by Crippen LogP contribution is 2.26. The predicted molar refractivity (Wildman–Crippen MR) is 87.5 cm³/mol. The van der Waals surface area contributed by atoms with Crippen LogP contribution in [0.25, 0.3) is 22.3 Å². The van der Waals surface area contributed by atoms with Gasteiger partial charge in [0.1, 0.15) is 12.0 Å². The van der Waals surface area contributed by atoms with Gasteiger partial charge in [0, 0.05) is 36.4 Å². The number of aliphatic hydroxyl groups is 1. The Bertz CT molecular complexity index is 921. The summed E-state index contributed by atoms with van der Waals surface area (Å²) < 4.78 is 42.3. The molecule has 0 aliphatic rings. The number of hydrogen-bond acceptors (Lipinski definition) is 6. The van der Waals surface area contributed by atoms with Crippen molar-refractivity contribution in [2.75, 3.05) is 13.2 Å². The molecule has 144 valence electrons. The van der Waals surface area contributed by atoms with Crippen LogP contribution in [0.15, 0.2) is 31.0 Å². The van der Waals surface area contributed by atoms with Crippen molar-refractivity contribution in [3.63, 3.8) is 0 Å². The Morgan fingerprint density at radius 1 is 1.33 bits per heavy atom. The molecule has 0 radical (unpaired) electrons. The maximum absolute atomic E-state index is 12.2. The van der Waals surface area contributed by atoms with E-state index in [9.17, 15) is 23.1 Å². The molecule has 3 aromatic rings. The van der Waals surface area contributed by atoms with Gasteiger partial charge in [-0.1, -0.05) is 0 Å². The lowest BCUT2D eigenvalue weighted by molar-refractivity contribution is -0.200. The molecule has 0 saturated carbocycles. The van der Waals surface area contributed by atoms with E-state index in [1.807, 2.05) is 6.07 Å². The van der Waals surface area contributed by atoms with Gasteiger partial charge in [0.2, 0.25) is 0 Å². The van der Waals surface area contributed by atoms with Crippen LogP contribution in [0.5, 0.6) is 0 Å². The van der Waals surface area contributed by atoms with Crippen LogP contribution in [-0.4, -0.2) is 55.2 Å². The minimum atomic E-state index is -5.03. The highest BCUT2D eigenvalue weighted by Gasteiger charge is 2.40. The molecule has 3 rings (SSSR count). The standard InChI is InChI=1S/C16H16F3N5O3/c17-16(18,19)15(26)27-6-3-11(2-5-25)24-8-10(7-23-24)13-12-1-4-20-14(12)22-9-21-13/h1,4,7-9,11,25H,2-3,5-6H2,(H,20,21,22).